The number of nitrogens with one attached hydrogen (secondary N) is 1. The predicted molar refractivity (Wildman–Crippen MR) is 97.6 cm³/mol. The van der Waals surface area contributed by atoms with Gasteiger partial charge in [-0.2, -0.15) is 0 Å². The van der Waals surface area contributed by atoms with Crippen LogP contribution >= 0.6 is 11.3 Å². The maximum absolute atomic E-state index is 4.81. The van der Waals surface area contributed by atoms with Crippen LogP contribution in [0.15, 0.2) is 36.5 Å². The second kappa shape index (κ2) is 7.28. The Kier molecular flexibility index (Phi) is 4.71. The van der Waals surface area contributed by atoms with Crippen molar-refractivity contribution >= 4 is 22.3 Å². The molecule has 1 aliphatic rings. The Balaban J connectivity index is 1.50. The molecule has 1 aliphatic heterocycles. The molecular formula is C17H21N7S. The van der Waals surface area contributed by atoms with Crippen molar-refractivity contribution in [2.75, 3.05) is 11.9 Å². The molecule has 130 valence electrons. The fourth-order valence-electron chi connectivity index (χ4n) is 3.23. The van der Waals surface area contributed by atoms with Crippen molar-refractivity contribution in [3.05, 3.63) is 47.9 Å². The molecule has 1 unspecified atom stereocenters. The Labute approximate surface area is 150 Å². The van der Waals surface area contributed by atoms with Gasteiger partial charge < -0.3 is 9.88 Å². The molecule has 0 aliphatic carbocycles. The predicted octanol–water partition coefficient (Wildman–Crippen LogP) is 3.14. The molecule has 3 aromatic rings. The molecule has 0 amide bonds. The van der Waals surface area contributed by atoms with Crippen molar-refractivity contribution in [2.24, 2.45) is 7.05 Å². The molecule has 1 N–H and O–H groups in total. The second-order valence-corrected chi connectivity index (χ2v) is 7.13. The smallest absolute Gasteiger partial charge is 0.188 e. The summed E-state index contributed by atoms with van der Waals surface area (Å²) in [6.45, 7) is 2.01. The Morgan fingerprint density at radius 2 is 2.20 bits per heavy atom. The summed E-state index contributed by atoms with van der Waals surface area (Å²) in [6.07, 6.45) is 12.5. The molecule has 1 atom stereocenters. The standard InChI is InChI=1S/C17H21N7S/c1-23-12-19-8-13(23)10-24-7-3-2-4-15(24)14-11-25-17(21-14)22-16-9-18-5-6-20-16/h5-6,8-9,11-12,15H,2-4,7,10H2,1H3,(H,20,21,22). The van der Waals surface area contributed by atoms with Crippen molar-refractivity contribution in [1.29, 1.82) is 0 Å². The van der Waals surface area contributed by atoms with Crippen molar-refractivity contribution in [2.45, 2.75) is 31.8 Å². The fourth-order valence-corrected chi connectivity index (χ4v) is 3.99. The number of piperidine rings is 1. The van der Waals surface area contributed by atoms with E-state index >= 15 is 0 Å². The number of thiazole rings is 1. The summed E-state index contributed by atoms with van der Waals surface area (Å²) < 4.78 is 2.09. The molecule has 7 nitrogen and oxygen atoms in total. The number of hydrogen-bond acceptors (Lipinski definition) is 7. The van der Waals surface area contributed by atoms with Gasteiger partial charge in [-0.25, -0.2) is 15.0 Å². The zero-order chi connectivity index (χ0) is 17.1. The van der Waals surface area contributed by atoms with Gasteiger partial charge in [-0.05, 0) is 19.4 Å². The maximum Gasteiger partial charge on any atom is 0.188 e. The van der Waals surface area contributed by atoms with E-state index in [1.807, 2.05) is 19.6 Å². The van der Waals surface area contributed by atoms with Gasteiger partial charge in [0.1, 0.15) is 0 Å². The maximum atomic E-state index is 4.81. The number of imidazole rings is 1. The van der Waals surface area contributed by atoms with E-state index in [1.165, 1.54) is 18.5 Å². The van der Waals surface area contributed by atoms with E-state index < -0.39 is 0 Å². The lowest BCUT2D eigenvalue weighted by Crippen LogP contribution is -2.33. The minimum absolute atomic E-state index is 0.359. The highest BCUT2D eigenvalue weighted by atomic mass is 32.1. The minimum atomic E-state index is 0.359. The van der Waals surface area contributed by atoms with E-state index in [0.29, 0.717) is 6.04 Å². The molecule has 0 radical (unpaired) electrons. The Hall–Kier alpha value is -2.32. The van der Waals surface area contributed by atoms with Gasteiger partial charge in [-0.15, -0.1) is 11.3 Å². The van der Waals surface area contributed by atoms with Crippen LogP contribution in [0.4, 0.5) is 10.9 Å². The first-order valence-corrected chi connectivity index (χ1v) is 9.35. The van der Waals surface area contributed by atoms with Crippen LogP contribution in [0.25, 0.3) is 0 Å². The molecular weight excluding hydrogens is 334 g/mol. The van der Waals surface area contributed by atoms with E-state index in [0.717, 1.165) is 36.2 Å². The number of nitrogens with zero attached hydrogens (tertiary/aromatic N) is 6. The lowest BCUT2D eigenvalue weighted by molar-refractivity contribution is 0.135. The number of rotatable bonds is 5. The average Bonchev–Trinajstić information content (AvgIpc) is 3.26. The topological polar surface area (TPSA) is 71.8 Å². The summed E-state index contributed by atoms with van der Waals surface area (Å²) in [6, 6.07) is 0.359. The average molecular weight is 355 g/mol. The fraction of sp³-hybridized carbons (Fsp3) is 0.412. The first-order valence-electron chi connectivity index (χ1n) is 8.47. The van der Waals surface area contributed by atoms with Gasteiger partial charge in [0.2, 0.25) is 0 Å². The SMILES string of the molecule is Cn1cncc1CN1CCCCC1c1csc(Nc2cnccn2)n1. The number of hydrogen-bond donors (Lipinski definition) is 1. The van der Waals surface area contributed by atoms with Gasteiger partial charge in [0.25, 0.3) is 0 Å². The summed E-state index contributed by atoms with van der Waals surface area (Å²) in [5.74, 6) is 0.721. The Morgan fingerprint density at radius 1 is 1.24 bits per heavy atom. The highest BCUT2D eigenvalue weighted by Crippen LogP contribution is 2.34. The Morgan fingerprint density at radius 3 is 3.00 bits per heavy atom. The lowest BCUT2D eigenvalue weighted by Gasteiger charge is -2.34. The third kappa shape index (κ3) is 3.69. The normalized spacial score (nSPS) is 18.4. The van der Waals surface area contributed by atoms with E-state index in [2.05, 4.69) is 35.1 Å². The quantitative estimate of drug-likeness (QED) is 0.758. The molecule has 3 aromatic heterocycles. The van der Waals surface area contributed by atoms with Crippen LogP contribution in [0.5, 0.6) is 0 Å². The summed E-state index contributed by atoms with van der Waals surface area (Å²) in [4.78, 5) is 19.9. The summed E-state index contributed by atoms with van der Waals surface area (Å²) in [5.41, 5.74) is 2.37. The van der Waals surface area contributed by atoms with E-state index in [9.17, 15) is 0 Å². The Bertz CT molecular complexity index is 813. The molecule has 1 fully saturated rings. The molecule has 0 saturated carbocycles. The first kappa shape index (κ1) is 16.2. The van der Waals surface area contributed by atoms with Gasteiger partial charge >= 0.3 is 0 Å². The monoisotopic (exact) mass is 355 g/mol. The third-order valence-corrected chi connectivity index (χ3v) is 5.33. The van der Waals surface area contributed by atoms with Crippen molar-refractivity contribution in [1.82, 2.24) is 29.4 Å². The molecule has 0 aromatic carbocycles. The van der Waals surface area contributed by atoms with Crippen LogP contribution in [0.3, 0.4) is 0 Å². The van der Waals surface area contributed by atoms with Crippen LogP contribution in [-0.4, -0.2) is 35.9 Å². The van der Waals surface area contributed by atoms with Crippen LogP contribution in [0.1, 0.15) is 36.7 Å². The summed E-state index contributed by atoms with van der Waals surface area (Å²) >= 11 is 1.62. The number of likely N-dealkylation sites (tertiary alicyclic amines) is 1. The van der Waals surface area contributed by atoms with Crippen molar-refractivity contribution < 1.29 is 0 Å². The zero-order valence-corrected chi connectivity index (χ0v) is 15.0. The van der Waals surface area contributed by atoms with E-state index in [1.54, 1.807) is 29.9 Å². The van der Waals surface area contributed by atoms with Crippen molar-refractivity contribution in [3.8, 4) is 0 Å². The van der Waals surface area contributed by atoms with Gasteiger partial charge in [-0.3, -0.25) is 9.88 Å². The number of aryl methyl sites for hydroxylation is 1. The number of aromatic nitrogens is 5. The summed E-state index contributed by atoms with van der Waals surface area (Å²) in [7, 11) is 2.05. The highest BCUT2D eigenvalue weighted by Gasteiger charge is 2.26. The lowest BCUT2D eigenvalue weighted by atomic mass is 10.00. The van der Waals surface area contributed by atoms with E-state index in [4.69, 9.17) is 4.98 Å². The van der Waals surface area contributed by atoms with Crippen molar-refractivity contribution in [3.63, 3.8) is 0 Å². The van der Waals surface area contributed by atoms with Gasteiger partial charge in [0, 0.05) is 37.6 Å². The number of anilines is 2. The minimum Gasteiger partial charge on any atom is -0.337 e. The molecule has 4 heterocycles. The molecule has 4 rings (SSSR count). The molecule has 8 heteroatoms. The van der Waals surface area contributed by atoms with E-state index in [-0.39, 0.29) is 0 Å². The van der Waals surface area contributed by atoms with Gasteiger partial charge in [-0.1, -0.05) is 6.42 Å². The zero-order valence-electron chi connectivity index (χ0n) is 14.2. The molecule has 0 bridgehead atoms. The largest absolute Gasteiger partial charge is 0.337 e. The van der Waals surface area contributed by atoms with Gasteiger partial charge in [0.15, 0.2) is 10.9 Å². The highest BCUT2D eigenvalue weighted by molar-refractivity contribution is 7.13. The van der Waals surface area contributed by atoms with Crippen LogP contribution < -0.4 is 5.32 Å². The molecule has 0 spiro atoms. The van der Waals surface area contributed by atoms with Crippen LogP contribution in [0.2, 0.25) is 0 Å². The molecule has 25 heavy (non-hydrogen) atoms. The third-order valence-electron chi connectivity index (χ3n) is 4.56. The summed E-state index contributed by atoms with van der Waals surface area (Å²) in [5, 5.41) is 6.25. The van der Waals surface area contributed by atoms with Crippen LogP contribution in [-0.2, 0) is 13.6 Å². The van der Waals surface area contributed by atoms with Gasteiger partial charge in [0.05, 0.1) is 30.0 Å². The van der Waals surface area contributed by atoms with Crippen LogP contribution in [0, 0.1) is 0 Å². The first-order chi connectivity index (χ1) is 12.3. The second-order valence-electron chi connectivity index (χ2n) is 6.27. The molecule has 1 saturated heterocycles.